The first-order chi connectivity index (χ1) is 15.6. The summed E-state index contributed by atoms with van der Waals surface area (Å²) in [6, 6.07) is 8.28. The van der Waals surface area contributed by atoms with Crippen LogP contribution in [0.2, 0.25) is 10.0 Å². The highest BCUT2D eigenvalue weighted by Gasteiger charge is 2.28. The Labute approximate surface area is 198 Å². The van der Waals surface area contributed by atoms with Gasteiger partial charge in [-0.1, -0.05) is 42.3 Å². The van der Waals surface area contributed by atoms with Gasteiger partial charge in [0.2, 0.25) is 0 Å². The van der Waals surface area contributed by atoms with Crippen LogP contribution in [-0.4, -0.2) is 26.9 Å². The number of carbonyl (C=O) groups excluding carboxylic acids is 1. The fourth-order valence-electron chi connectivity index (χ4n) is 3.54. The lowest BCUT2D eigenvalue weighted by atomic mass is 10.00. The Kier molecular flexibility index (Phi) is 7.50. The van der Waals surface area contributed by atoms with E-state index in [9.17, 15) is 18.4 Å². The molecule has 0 saturated heterocycles. The number of nitrogens with zero attached hydrogens (tertiary/aromatic N) is 2. The van der Waals surface area contributed by atoms with Crippen LogP contribution in [0.15, 0.2) is 48.7 Å². The maximum atomic E-state index is 13.8. The first kappa shape index (κ1) is 24.4. The zero-order valence-electron chi connectivity index (χ0n) is 17.4. The van der Waals surface area contributed by atoms with E-state index in [4.69, 9.17) is 34.0 Å². The zero-order chi connectivity index (χ0) is 24.3. The molecular weight excluding hydrogens is 475 g/mol. The molecule has 6 nitrogen and oxygen atoms in total. The Balaban J connectivity index is 2.10. The minimum atomic E-state index is -1.29. The molecule has 10 heteroatoms. The van der Waals surface area contributed by atoms with Crippen molar-refractivity contribution in [1.29, 1.82) is 0 Å². The first-order valence-corrected chi connectivity index (χ1v) is 10.6. The van der Waals surface area contributed by atoms with E-state index in [1.54, 1.807) is 18.2 Å². The third-order valence-corrected chi connectivity index (χ3v) is 5.84. The first-order valence-electron chi connectivity index (χ1n) is 9.81. The van der Waals surface area contributed by atoms with E-state index < -0.39 is 29.6 Å². The standard InChI is InChI=1S/C23H19Cl2F2N3O3/c1-2-19(16-4-3-5-17(24)20(16)25)30(22(31)13-7-14(26)9-15(27)8-13)11-12-6-18(28)21(23(32)33)29-10-12/h3-10,19H,2,11,28H2,1H3,(H,32,33)/t19-/m0/s1. The van der Waals surface area contributed by atoms with Crippen LogP contribution in [0.3, 0.4) is 0 Å². The van der Waals surface area contributed by atoms with Gasteiger partial charge >= 0.3 is 5.97 Å². The number of benzene rings is 2. The van der Waals surface area contributed by atoms with Crippen molar-refractivity contribution in [2.75, 3.05) is 5.73 Å². The van der Waals surface area contributed by atoms with Gasteiger partial charge in [0.25, 0.3) is 5.91 Å². The molecule has 0 fully saturated rings. The number of pyridine rings is 1. The van der Waals surface area contributed by atoms with Gasteiger partial charge < -0.3 is 15.7 Å². The molecule has 0 bridgehead atoms. The number of anilines is 1. The smallest absolute Gasteiger partial charge is 0.356 e. The summed E-state index contributed by atoms with van der Waals surface area (Å²) in [5.74, 6) is -3.76. The third kappa shape index (κ3) is 5.40. The average molecular weight is 494 g/mol. The molecule has 0 saturated carbocycles. The SMILES string of the molecule is CC[C@@H](c1cccc(Cl)c1Cl)N(Cc1cnc(C(=O)O)c(N)c1)C(=O)c1cc(F)cc(F)c1. The summed E-state index contributed by atoms with van der Waals surface area (Å²) in [6.07, 6.45) is 1.66. The third-order valence-electron chi connectivity index (χ3n) is 5.00. The molecule has 0 aliphatic rings. The van der Waals surface area contributed by atoms with Crippen LogP contribution in [0.1, 0.15) is 51.4 Å². The number of halogens is 4. The number of nitrogens with two attached hydrogens (primary N) is 1. The monoisotopic (exact) mass is 493 g/mol. The fourth-order valence-corrected chi connectivity index (χ4v) is 3.98. The molecule has 1 amide bonds. The van der Waals surface area contributed by atoms with Crippen LogP contribution in [0.4, 0.5) is 14.5 Å². The van der Waals surface area contributed by atoms with Crippen molar-refractivity contribution in [2.45, 2.75) is 25.9 Å². The summed E-state index contributed by atoms with van der Waals surface area (Å²) in [5, 5.41) is 9.68. The van der Waals surface area contributed by atoms with Gasteiger partial charge in [-0.15, -0.1) is 0 Å². The number of aromatic carboxylic acids is 1. The molecule has 3 N–H and O–H groups in total. The largest absolute Gasteiger partial charge is 0.476 e. The average Bonchev–Trinajstić information content (AvgIpc) is 2.75. The number of nitrogen functional groups attached to an aromatic ring is 1. The van der Waals surface area contributed by atoms with Crippen LogP contribution in [0, 0.1) is 11.6 Å². The maximum absolute atomic E-state index is 13.8. The maximum Gasteiger partial charge on any atom is 0.356 e. The lowest BCUT2D eigenvalue weighted by Gasteiger charge is -2.32. The molecule has 2 aromatic carbocycles. The van der Waals surface area contributed by atoms with Gasteiger partial charge in [-0.25, -0.2) is 18.6 Å². The Morgan fingerprint density at radius 2 is 1.82 bits per heavy atom. The van der Waals surface area contributed by atoms with Gasteiger partial charge in [-0.05, 0) is 41.8 Å². The highest BCUT2D eigenvalue weighted by molar-refractivity contribution is 6.42. The van der Waals surface area contributed by atoms with Crippen molar-refractivity contribution >= 4 is 40.8 Å². The number of carbonyl (C=O) groups is 2. The van der Waals surface area contributed by atoms with Crippen LogP contribution >= 0.6 is 23.2 Å². The van der Waals surface area contributed by atoms with Gasteiger partial charge in [0, 0.05) is 24.4 Å². The van der Waals surface area contributed by atoms with Gasteiger partial charge in [0.1, 0.15) is 11.6 Å². The Bertz CT molecular complexity index is 1200. The minimum Gasteiger partial charge on any atom is -0.476 e. The van der Waals surface area contributed by atoms with E-state index in [0.717, 1.165) is 12.1 Å². The molecule has 1 atom stereocenters. The number of hydrogen-bond donors (Lipinski definition) is 2. The number of carboxylic acid groups (broad SMARTS) is 1. The van der Waals surface area contributed by atoms with Crippen LogP contribution in [0.5, 0.6) is 0 Å². The summed E-state index contributed by atoms with van der Waals surface area (Å²) in [6.45, 7) is 1.73. The molecular formula is C23H19Cl2F2N3O3. The van der Waals surface area contributed by atoms with Gasteiger partial charge in [0.05, 0.1) is 21.8 Å². The molecule has 0 aliphatic carbocycles. The number of aromatic nitrogens is 1. The molecule has 3 rings (SSSR count). The summed E-state index contributed by atoms with van der Waals surface area (Å²) >= 11 is 12.6. The highest BCUT2D eigenvalue weighted by atomic mass is 35.5. The molecule has 1 aromatic heterocycles. The summed E-state index contributed by atoms with van der Waals surface area (Å²) in [4.78, 5) is 29.9. The zero-order valence-corrected chi connectivity index (χ0v) is 18.9. The van der Waals surface area contributed by atoms with Gasteiger partial charge in [0.15, 0.2) is 5.69 Å². The number of rotatable bonds is 7. The second-order valence-corrected chi connectivity index (χ2v) is 8.03. The van der Waals surface area contributed by atoms with Crippen molar-refractivity contribution in [2.24, 2.45) is 0 Å². The van der Waals surface area contributed by atoms with E-state index in [0.29, 0.717) is 23.6 Å². The number of amides is 1. The molecule has 0 unspecified atom stereocenters. The van der Waals surface area contributed by atoms with Crippen molar-refractivity contribution in [3.05, 3.63) is 92.7 Å². The number of hydrogen-bond acceptors (Lipinski definition) is 4. The van der Waals surface area contributed by atoms with Crippen LogP contribution < -0.4 is 5.73 Å². The second kappa shape index (κ2) is 10.1. The van der Waals surface area contributed by atoms with E-state index in [1.807, 2.05) is 6.92 Å². The molecule has 3 aromatic rings. The van der Waals surface area contributed by atoms with Gasteiger partial charge in [-0.2, -0.15) is 0 Å². The summed E-state index contributed by atoms with van der Waals surface area (Å²) in [7, 11) is 0. The Morgan fingerprint density at radius 1 is 1.15 bits per heavy atom. The fraction of sp³-hybridized carbons (Fsp3) is 0.174. The summed E-state index contributed by atoms with van der Waals surface area (Å²) < 4.78 is 27.7. The highest BCUT2D eigenvalue weighted by Crippen LogP contribution is 2.36. The minimum absolute atomic E-state index is 0.0852. The van der Waals surface area contributed by atoms with E-state index in [-0.39, 0.29) is 33.5 Å². The van der Waals surface area contributed by atoms with Crippen molar-refractivity contribution in [3.8, 4) is 0 Å². The van der Waals surface area contributed by atoms with E-state index in [1.165, 1.54) is 17.2 Å². The number of carboxylic acids is 1. The molecule has 1 heterocycles. The lowest BCUT2D eigenvalue weighted by Crippen LogP contribution is -2.35. The predicted octanol–water partition coefficient (Wildman–Crippen LogP) is 5.74. The Morgan fingerprint density at radius 3 is 2.39 bits per heavy atom. The van der Waals surface area contributed by atoms with Crippen LogP contribution in [-0.2, 0) is 6.54 Å². The normalized spacial score (nSPS) is 11.8. The van der Waals surface area contributed by atoms with Crippen LogP contribution in [0.25, 0.3) is 0 Å². The predicted molar refractivity (Wildman–Crippen MR) is 121 cm³/mol. The molecule has 172 valence electrons. The summed E-state index contributed by atoms with van der Waals surface area (Å²) in [5.41, 5.74) is 6.15. The Hall–Kier alpha value is -3.23. The van der Waals surface area contributed by atoms with Crippen molar-refractivity contribution in [1.82, 2.24) is 9.88 Å². The van der Waals surface area contributed by atoms with E-state index in [2.05, 4.69) is 4.98 Å². The second-order valence-electron chi connectivity index (χ2n) is 7.24. The quantitative estimate of drug-likeness (QED) is 0.437. The van der Waals surface area contributed by atoms with E-state index >= 15 is 0 Å². The van der Waals surface area contributed by atoms with Gasteiger partial charge in [-0.3, -0.25) is 4.79 Å². The molecule has 33 heavy (non-hydrogen) atoms. The van der Waals surface area contributed by atoms with Crippen molar-refractivity contribution in [3.63, 3.8) is 0 Å². The topological polar surface area (TPSA) is 96.5 Å². The molecule has 0 aliphatic heterocycles. The lowest BCUT2D eigenvalue weighted by molar-refractivity contribution is 0.0647. The molecule has 0 radical (unpaired) electrons. The molecule has 0 spiro atoms. The van der Waals surface area contributed by atoms with Crippen molar-refractivity contribution < 1.29 is 23.5 Å².